The van der Waals surface area contributed by atoms with Gasteiger partial charge in [0.15, 0.2) is 5.01 Å². The predicted molar refractivity (Wildman–Crippen MR) is 55.2 cm³/mol. The Morgan fingerprint density at radius 3 is 2.93 bits per heavy atom. The highest BCUT2D eigenvalue weighted by Gasteiger charge is 2.06. The molecule has 6 heteroatoms. The zero-order valence-corrected chi connectivity index (χ0v) is 9.01. The van der Waals surface area contributed by atoms with Crippen LogP contribution in [0.1, 0.15) is 10.8 Å². The number of alkyl halides is 1. The van der Waals surface area contributed by atoms with Gasteiger partial charge < -0.3 is 0 Å². The van der Waals surface area contributed by atoms with Crippen molar-refractivity contribution in [1.29, 1.82) is 0 Å². The Bertz CT molecular complexity index is 442. The van der Waals surface area contributed by atoms with Gasteiger partial charge in [-0.05, 0) is 13.0 Å². The average molecular weight is 227 g/mol. The van der Waals surface area contributed by atoms with Crippen LogP contribution in [0.3, 0.4) is 0 Å². The van der Waals surface area contributed by atoms with Gasteiger partial charge in [0.1, 0.15) is 16.5 Å². The predicted octanol–water partition coefficient (Wildman–Crippen LogP) is 2.04. The van der Waals surface area contributed by atoms with E-state index in [9.17, 15) is 0 Å². The molecule has 2 aromatic heterocycles. The Labute approximate surface area is 90.0 Å². The molecular formula is C8H7ClN4S. The summed E-state index contributed by atoms with van der Waals surface area (Å²) < 4.78 is 0. The molecule has 72 valence electrons. The molecule has 2 heterocycles. The molecule has 0 atom stereocenters. The molecule has 14 heavy (non-hydrogen) atoms. The van der Waals surface area contributed by atoms with Crippen LogP contribution in [0.15, 0.2) is 12.3 Å². The minimum atomic E-state index is 0.391. The lowest BCUT2D eigenvalue weighted by Crippen LogP contribution is -1.88. The zero-order chi connectivity index (χ0) is 9.97. The number of halogens is 1. The molecule has 2 aromatic rings. The van der Waals surface area contributed by atoms with Gasteiger partial charge in [0.2, 0.25) is 0 Å². The molecule has 0 spiro atoms. The molecule has 2 rings (SSSR count). The van der Waals surface area contributed by atoms with Gasteiger partial charge in [-0.15, -0.1) is 21.8 Å². The molecule has 0 aromatic carbocycles. The molecule has 4 nitrogen and oxygen atoms in total. The lowest BCUT2D eigenvalue weighted by molar-refractivity contribution is 1.02. The van der Waals surface area contributed by atoms with Crippen molar-refractivity contribution in [2.75, 3.05) is 0 Å². The molecule has 0 aliphatic heterocycles. The van der Waals surface area contributed by atoms with Crippen molar-refractivity contribution >= 4 is 22.9 Å². The van der Waals surface area contributed by atoms with Crippen LogP contribution >= 0.6 is 22.9 Å². The van der Waals surface area contributed by atoms with E-state index < -0.39 is 0 Å². The summed E-state index contributed by atoms with van der Waals surface area (Å²) in [6.45, 7) is 1.84. The first-order valence-electron chi connectivity index (χ1n) is 3.98. The summed E-state index contributed by atoms with van der Waals surface area (Å²) >= 11 is 7.08. The fourth-order valence-corrected chi connectivity index (χ4v) is 1.86. The smallest absolute Gasteiger partial charge is 0.166 e. The summed E-state index contributed by atoms with van der Waals surface area (Å²) in [4.78, 5) is 8.26. The lowest BCUT2D eigenvalue weighted by Gasteiger charge is -1.94. The largest absolute Gasteiger partial charge is 0.242 e. The lowest BCUT2D eigenvalue weighted by atomic mass is 10.4. The molecule has 0 fully saturated rings. The van der Waals surface area contributed by atoms with Crippen molar-refractivity contribution in [3.63, 3.8) is 0 Å². The molecule has 0 aliphatic carbocycles. The van der Waals surface area contributed by atoms with Crippen molar-refractivity contribution in [1.82, 2.24) is 20.2 Å². The maximum absolute atomic E-state index is 5.63. The van der Waals surface area contributed by atoms with E-state index >= 15 is 0 Å². The second-order valence-corrected chi connectivity index (χ2v) is 3.95. The monoisotopic (exact) mass is 226 g/mol. The number of rotatable bonds is 2. The third-order valence-electron chi connectivity index (χ3n) is 1.58. The summed E-state index contributed by atoms with van der Waals surface area (Å²) in [7, 11) is 0. The first kappa shape index (κ1) is 9.48. The van der Waals surface area contributed by atoms with Gasteiger partial charge in [-0.25, -0.2) is 9.97 Å². The maximum atomic E-state index is 5.63. The molecular weight excluding hydrogens is 220 g/mol. The summed E-state index contributed by atoms with van der Waals surface area (Å²) in [5.74, 6) is 1.12. The maximum Gasteiger partial charge on any atom is 0.166 e. The van der Waals surface area contributed by atoms with Crippen LogP contribution in [-0.2, 0) is 5.88 Å². The van der Waals surface area contributed by atoms with E-state index in [4.69, 9.17) is 11.6 Å². The van der Waals surface area contributed by atoms with Gasteiger partial charge in [-0.1, -0.05) is 11.3 Å². The summed E-state index contributed by atoms with van der Waals surface area (Å²) in [5.41, 5.74) is 0.798. The Morgan fingerprint density at radius 1 is 1.43 bits per heavy atom. The summed E-state index contributed by atoms with van der Waals surface area (Å²) in [5, 5.41) is 9.50. The van der Waals surface area contributed by atoms with Gasteiger partial charge in [0, 0.05) is 6.20 Å². The van der Waals surface area contributed by atoms with Crippen LogP contribution in [0.4, 0.5) is 0 Å². The standard InChI is InChI=1S/C8H7ClN4S/c1-5-10-3-2-6(11-5)8-13-12-7(4-9)14-8/h2-3H,4H2,1H3. The van der Waals surface area contributed by atoms with Crippen molar-refractivity contribution in [2.45, 2.75) is 12.8 Å². The highest BCUT2D eigenvalue weighted by molar-refractivity contribution is 7.14. The van der Waals surface area contributed by atoms with Crippen molar-refractivity contribution in [3.05, 3.63) is 23.1 Å². The SMILES string of the molecule is Cc1nccc(-c2nnc(CCl)s2)n1. The number of aromatic nitrogens is 4. The Balaban J connectivity index is 2.39. The van der Waals surface area contributed by atoms with Crippen molar-refractivity contribution < 1.29 is 0 Å². The van der Waals surface area contributed by atoms with Crippen LogP contribution in [0.25, 0.3) is 10.7 Å². The molecule has 0 saturated carbocycles. The molecule has 0 unspecified atom stereocenters. The Morgan fingerprint density at radius 2 is 2.29 bits per heavy atom. The summed E-state index contributed by atoms with van der Waals surface area (Å²) in [6.07, 6.45) is 1.71. The number of hydrogen-bond acceptors (Lipinski definition) is 5. The average Bonchev–Trinajstić information content (AvgIpc) is 2.66. The minimum Gasteiger partial charge on any atom is -0.242 e. The topological polar surface area (TPSA) is 51.6 Å². The second kappa shape index (κ2) is 3.98. The zero-order valence-electron chi connectivity index (χ0n) is 7.44. The van der Waals surface area contributed by atoms with Crippen LogP contribution in [0.2, 0.25) is 0 Å². The van der Waals surface area contributed by atoms with Gasteiger partial charge >= 0.3 is 0 Å². The first-order valence-corrected chi connectivity index (χ1v) is 5.33. The molecule has 0 amide bonds. The molecule has 0 saturated heterocycles. The molecule has 0 N–H and O–H groups in total. The quantitative estimate of drug-likeness (QED) is 0.736. The van der Waals surface area contributed by atoms with Crippen LogP contribution < -0.4 is 0 Å². The van der Waals surface area contributed by atoms with E-state index in [2.05, 4.69) is 20.2 Å². The van der Waals surface area contributed by atoms with Crippen LogP contribution in [-0.4, -0.2) is 20.2 Å². The van der Waals surface area contributed by atoms with E-state index in [0.717, 1.165) is 21.5 Å². The number of nitrogens with zero attached hydrogens (tertiary/aromatic N) is 4. The van der Waals surface area contributed by atoms with Gasteiger partial charge in [-0.2, -0.15) is 0 Å². The van der Waals surface area contributed by atoms with Crippen molar-refractivity contribution in [3.8, 4) is 10.7 Å². The third-order valence-corrected chi connectivity index (χ3v) is 2.93. The molecule has 0 aliphatic rings. The highest BCUT2D eigenvalue weighted by atomic mass is 35.5. The van der Waals surface area contributed by atoms with E-state index in [-0.39, 0.29) is 0 Å². The van der Waals surface area contributed by atoms with Crippen LogP contribution in [0, 0.1) is 6.92 Å². The molecule has 0 bridgehead atoms. The van der Waals surface area contributed by atoms with E-state index in [1.807, 2.05) is 13.0 Å². The Kier molecular flexibility index (Phi) is 2.69. The fourth-order valence-electron chi connectivity index (χ4n) is 0.986. The van der Waals surface area contributed by atoms with Crippen molar-refractivity contribution in [2.24, 2.45) is 0 Å². The van der Waals surface area contributed by atoms with E-state index in [1.54, 1.807) is 6.20 Å². The highest BCUT2D eigenvalue weighted by Crippen LogP contribution is 2.21. The fraction of sp³-hybridized carbons (Fsp3) is 0.250. The Hall–Kier alpha value is -1.07. The minimum absolute atomic E-state index is 0.391. The van der Waals surface area contributed by atoms with Gasteiger partial charge in [0.25, 0.3) is 0 Å². The van der Waals surface area contributed by atoms with Gasteiger partial charge in [-0.3, -0.25) is 0 Å². The van der Waals surface area contributed by atoms with Gasteiger partial charge in [0.05, 0.1) is 5.88 Å². The van der Waals surface area contributed by atoms with E-state index in [1.165, 1.54) is 11.3 Å². The van der Waals surface area contributed by atoms with E-state index in [0.29, 0.717) is 5.88 Å². The normalized spacial score (nSPS) is 10.4. The first-order chi connectivity index (χ1) is 6.79. The summed E-state index contributed by atoms with van der Waals surface area (Å²) in [6, 6.07) is 1.81. The second-order valence-electron chi connectivity index (χ2n) is 2.62. The number of hydrogen-bond donors (Lipinski definition) is 0. The number of aryl methyl sites for hydroxylation is 1. The third kappa shape index (κ3) is 1.88. The van der Waals surface area contributed by atoms with Crippen LogP contribution in [0.5, 0.6) is 0 Å². The molecule has 0 radical (unpaired) electrons.